The first kappa shape index (κ1) is 19.3. The molecule has 2 N–H and O–H groups in total. The maximum absolute atomic E-state index is 13.0. The maximum atomic E-state index is 13.0. The van der Waals surface area contributed by atoms with Crippen molar-refractivity contribution in [3.8, 4) is 11.3 Å². The quantitative estimate of drug-likeness (QED) is 0.539. The van der Waals surface area contributed by atoms with E-state index in [9.17, 15) is 9.59 Å². The molecular weight excluding hydrogens is 378 g/mol. The van der Waals surface area contributed by atoms with Gasteiger partial charge in [-0.3, -0.25) is 14.3 Å². The largest absolute Gasteiger partial charge is 0.343 e. The summed E-state index contributed by atoms with van der Waals surface area (Å²) in [5, 5.41) is 10.6. The number of fused-ring (bicyclic) bond motifs is 1. The summed E-state index contributed by atoms with van der Waals surface area (Å²) in [6.07, 6.45) is 0. The van der Waals surface area contributed by atoms with E-state index in [0.717, 1.165) is 5.56 Å². The van der Waals surface area contributed by atoms with E-state index in [4.69, 9.17) is 4.98 Å². The third-order valence-corrected chi connectivity index (χ3v) is 4.75. The molecule has 30 heavy (non-hydrogen) atoms. The van der Waals surface area contributed by atoms with Gasteiger partial charge in [-0.1, -0.05) is 48.5 Å². The van der Waals surface area contributed by atoms with Crippen molar-refractivity contribution in [1.82, 2.24) is 20.1 Å². The van der Waals surface area contributed by atoms with E-state index in [-0.39, 0.29) is 18.4 Å². The highest BCUT2D eigenvalue weighted by Gasteiger charge is 2.19. The van der Waals surface area contributed by atoms with Crippen LogP contribution in [-0.4, -0.2) is 33.1 Å². The fraction of sp³-hybridized carbons (Fsp3) is 0.130. The Hall–Kier alpha value is -4.00. The Morgan fingerprint density at radius 1 is 1.00 bits per heavy atom. The lowest BCUT2D eigenvalue weighted by molar-refractivity contribution is -0.115. The predicted molar refractivity (Wildman–Crippen MR) is 116 cm³/mol. The second-order valence-corrected chi connectivity index (χ2v) is 6.93. The molecule has 0 saturated carbocycles. The average molecular weight is 399 g/mol. The SMILES string of the molecule is Cc1nn(C)c2nc(-c3ccccc3)cc(C(=O)NCC(=O)Nc3ccccc3)c12. The van der Waals surface area contributed by atoms with Crippen LogP contribution in [0.3, 0.4) is 0 Å². The minimum Gasteiger partial charge on any atom is -0.343 e. The first-order valence-corrected chi connectivity index (χ1v) is 9.56. The van der Waals surface area contributed by atoms with Gasteiger partial charge < -0.3 is 10.6 Å². The molecule has 7 heteroatoms. The van der Waals surface area contributed by atoms with E-state index in [1.807, 2.05) is 55.5 Å². The van der Waals surface area contributed by atoms with E-state index >= 15 is 0 Å². The Labute approximate surface area is 173 Å². The second-order valence-electron chi connectivity index (χ2n) is 6.93. The number of para-hydroxylation sites is 1. The number of hydrogen-bond acceptors (Lipinski definition) is 4. The summed E-state index contributed by atoms with van der Waals surface area (Å²) in [4.78, 5) is 29.9. The lowest BCUT2D eigenvalue weighted by Gasteiger charge is -2.10. The highest BCUT2D eigenvalue weighted by molar-refractivity contribution is 6.08. The summed E-state index contributed by atoms with van der Waals surface area (Å²) < 4.78 is 1.66. The van der Waals surface area contributed by atoms with Gasteiger partial charge in [-0.05, 0) is 25.1 Å². The van der Waals surface area contributed by atoms with Crippen molar-refractivity contribution >= 4 is 28.5 Å². The zero-order valence-corrected chi connectivity index (χ0v) is 16.7. The molecule has 4 aromatic rings. The molecule has 0 aliphatic rings. The van der Waals surface area contributed by atoms with Gasteiger partial charge in [0.2, 0.25) is 5.91 Å². The molecule has 2 aromatic heterocycles. The maximum Gasteiger partial charge on any atom is 0.252 e. The lowest BCUT2D eigenvalue weighted by atomic mass is 10.0. The average Bonchev–Trinajstić information content (AvgIpc) is 3.06. The molecule has 150 valence electrons. The van der Waals surface area contributed by atoms with E-state index in [1.54, 1.807) is 29.9 Å². The number of amides is 2. The summed E-state index contributed by atoms with van der Waals surface area (Å²) in [5.74, 6) is -0.648. The molecule has 0 saturated heterocycles. The van der Waals surface area contributed by atoms with Crippen molar-refractivity contribution in [3.63, 3.8) is 0 Å². The number of aryl methyl sites for hydroxylation is 2. The number of nitrogens with zero attached hydrogens (tertiary/aromatic N) is 3. The standard InChI is InChI=1S/C23H21N5O2/c1-15-21-18(23(30)24-14-20(29)25-17-11-7-4-8-12-17)13-19(16-9-5-3-6-10-16)26-22(21)28(2)27-15/h3-13H,14H2,1-2H3,(H,24,30)(H,25,29). The second kappa shape index (κ2) is 8.16. The summed E-state index contributed by atoms with van der Waals surface area (Å²) in [5.41, 5.74) is 4.01. The minimum atomic E-state index is -0.348. The van der Waals surface area contributed by atoms with Crippen molar-refractivity contribution in [3.05, 3.63) is 78.0 Å². The van der Waals surface area contributed by atoms with Crippen molar-refractivity contribution in [1.29, 1.82) is 0 Å². The molecule has 2 aromatic carbocycles. The molecule has 0 unspecified atom stereocenters. The number of carbonyl (C=O) groups excluding carboxylic acids is 2. The smallest absolute Gasteiger partial charge is 0.252 e. The summed E-state index contributed by atoms with van der Waals surface area (Å²) >= 11 is 0. The molecule has 0 aliphatic heterocycles. The molecular formula is C23H21N5O2. The monoisotopic (exact) mass is 399 g/mol. The van der Waals surface area contributed by atoms with Crippen LogP contribution in [-0.2, 0) is 11.8 Å². The molecule has 4 rings (SSSR count). The van der Waals surface area contributed by atoms with Gasteiger partial charge >= 0.3 is 0 Å². The number of anilines is 1. The van der Waals surface area contributed by atoms with E-state index < -0.39 is 0 Å². The molecule has 0 radical (unpaired) electrons. The van der Waals surface area contributed by atoms with Crippen LogP contribution in [0.25, 0.3) is 22.3 Å². The predicted octanol–water partition coefficient (Wildman–Crippen LogP) is 3.31. The minimum absolute atomic E-state index is 0.141. The highest BCUT2D eigenvalue weighted by Crippen LogP contribution is 2.26. The number of hydrogen-bond donors (Lipinski definition) is 2. The summed E-state index contributed by atoms with van der Waals surface area (Å²) in [7, 11) is 1.80. The summed E-state index contributed by atoms with van der Waals surface area (Å²) in [6.45, 7) is 1.70. The first-order valence-electron chi connectivity index (χ1n) is 9.56. The fourth-order valence-electron chi connectivity index (χ4n) is 3.36. The lowest BCUT2D eigenvalue weighted by Crippen LogP contribution is -2.33. The third-order valence-electron chi connectivity index (χ3n) is 4.75. The molecule has 0 atom stereocenters. The van der Waals surface area contributed by atoms with Gasteiger partial charge in [0.25, 0.3) is 5.91 Å². The molecule has 0 aliphatic carbocycles. The number of rotatable bonds is 5. The van der Waals surface area contributed by atoms with Gasteiger partial charge in [0.05, 0.1) is 28.9 Å². The van der Waals surface area contributed by atoms with Gasteiger partial charge in [-0.25, -0.2) is 4.98 Å². The van der Waals surface area contributed by atoms with Gasteiger partial charge in [-0.15, -0.1) is 0 Å². The molecule has 2 heterocycles. The third kappa shape index (κ3) is 3.91. The molecule has 2 amide bonds. The number of benzene rings is 2. The van der Waals surface area contributed by atoms with E-state index in [2.05, 4.69) is 15.7 Å². The molecule has 0 spiro atoms. The normalized spacial score (nSPS) is 10.7. The highest BCUT2D eigenvalue weighted by atomic mass is 16.2. The number of nitrogens with one attached hydrogen (secondary N) is 2. The van der Waals surface area contributed by atoms with Crippen LogP contribution in [0.2, 0.25) is 0 Å². The van der Waals surface area contributed by atoms with Gasteiger partial charge in [-0.2, -0.15) is 5.10 Å². The molecule has 7 nitrogen and oxygen atoms in total. The Kier molecular flexibility index (Phi) is 5.26. The zero-order valence-electron chi connectivity index (χ0n) is 16.7. The van der Waals surface area contributed by atoms with Gasteiger partial charge in [0, 0.05) is 18.3 Å². The van der Waals surface area contributed by atoms with Crippen LogP contribution in [0.1, 0.15) is 16.1 Å². The summed E-state index contributed by atoms with van der Waals surface area (Å²) in [6, 6.07) is 20.5. The van der Waals surface area contributed by atoms with Crippen LogP contribution in [0.15, 0.2) is 66.7 Å². The molecule has 0 fully saturated rings. The number of pyridine rings is 1. The fourth-order valence-corrected chi connectivity index (χ4v) is 3.36. The molecule has 0 bridgehead atoms. The number of carbonyl (C=O) groups is 2. The Morgan fingerprint density at radius 2 is 1.67 bits per heavy atom. The van der Waals surface area contributed by atoms with E-state index in [0.29, 0.717) is 33.7 Å². The number of aromatic nitrogens is 3. The van der Waals surface area contributed by atoms with Crippen molar-refractivity contribution in [2.75, 3.05) is 11.9 Å². The van der Waals surface area contributed by atoms with Gasteiger partial charge in [0.1, 0.15) is 0 Å². The Balaban J connectivity index is 1.62. The zero-order chi connectivity index (χ0) is 21.1. The van der Waals surface area contributed by atoms with E-state index in [1.165, 1.54) is 0 Å². The van der Waals surface area contributed by atoms with Crippen LogP contribution in [0, 0.1) is 6.92 Å². The Morgan fingerprint density at radius 3 is 2.37 bits per heavy atom. The van der Waals surface area contributed by atoms with Crippen LogP contribution >= 0.6 is 0 Å². The topological polar surface area (TPSA) is 88.9 Å². The van der Waals surface area contributed by atoms with Crippen LogP contribution in [0.4, 0.5) is 5.69 Å². The van der Waals surface area contributed by atoms with Crippen molar-refractivity contribution in [2.24, 2.45) is 7.05 Å². The van der Waals surface area contributed by atoms with Crippen LogP contribution < -0.4 is 10.6 Å². The van der Waals surface area contributed by atoms with Crippen LogP contribution in [0.5, 0.6) is 0 Å². The Bertz CT molecular complexity index is 1220. The first-order chi connectivity index (χ1) is 14.5. The van der Waals surface area contributed by atoms with Gasteiger partial charge in [0.15, 0.2) is 5.65 Å². The van der Waals surface area contributed by atoms with Crippen molar-refractivity contribution in [2.45, 2.75) is 6.92 Å². The van der Waals surface area contributed by atoms with Crippen molar-refractivity contribution < 1.29 is 9.59 Å².